The molecule has 2 rings (SSSR count). The molecule has 4 nitrogen and oxygen atoms in total. The van der Waals surface area contributed by atoms with Crippen LogP contribution in [0.15, 0.2) is 48.5 Å². The number of rotatable bonds is 2. The lowest BCUT2D eigenvalue weighted by molar-refractivity contribution is 0.0973. The van der Waals surface area contributed by atoms with Crippen molar-refractivity contribution in [3.05, 3.63) is 59.7 Å². The second kappa shape index (κ2) is 5.48. The van der Waals surface area contributed by atoms with E-state index < -0.39 is 5.91 Å². The molecule has 0 aliphatic carbocycles. The highest BCUT2D eigenvalue weighted by molar-refractivity contribution is 6.01. The second-order valence-corrected chi connectivity index (χ2v) is 3.80. The van der Waals surface area contributed by atoms with Crippen LogP contribution in [0.5, 0.6) is 0 Å². The molecule has 4 heteroatoms. The Bertz CT molecular complexity index is 694. The topological polar surface area (TPSA) is 76.7 Å². The zero-order valence-corrected chi connectivity index (χ0v) is 9.92. The molecule has 0 saturated heterocycles. The summed E-state index contributed by atoms with van der Waals surface area (Å²) in [5.74, 6) is -0.481. The van der Waals surface area contributed by atoms with Crippen LogP contribution in [0, 0.1) is 22.8 Å². The SMILES string of the molecule is N#CNC(=O)c1ccc(C#N)cc1-c1ccccc1. The van der Waals surface area contributed by atoms with E-state index in [0.29, 0.717) is 16.7 Å². The van der Waals surface area contributed by atoms with Gasteiger partial charge in [0.15, 0.2) is 6.19 Å². The highest BCUT2D eigenvalue weighted by Gasteiger charge is 2.13. The summed E-state index contributed by atoms with van der Waals surface area (Å²) in [5.41, 5.74) is 2.29. The van der Waals surface area contributed by atoms with Crippen molar-refractivity contribution in [3.8, 4) is 23.4 Å². The predicted molar refractivity (Wildman–Crippen MR) is 69.7 cm³/mol. The molecule has 2 aromatic rings. The van der Waals surface area contributed by atoms with E-state index in [1.54, 1.807) is 24.4 Å². The first-order chi connectivity index (χ1) is 9.26. The van der Waals surface area contributed by atoms with Crippen LogP contribution >= 0.6 is 0 Å². The third-order valence-corrected chi connectivity index (χ3v) is 2.65. The number of hydrogen-bond acceptors (Lipinski definition) is 3. The number of carbonyl (C=O) groups is 1. The van der Waals surface area contributed by atoms with E-state index in [1.165, 1.54) is 0 Å². The van der Waals surface area contributed by atoms with Crippen molar-refractivity contribution >= 4 is 5.91 Å². The van der Waals surface area contributed by atoms with Gasteiger partial charge in [-0.15, -0.1) is 0 Å². The standard InChI is InChI=1S/C15H9N3O/c16-9-11-6-7-13(15(19)18-10-17)14(8-11)12-4-2-1-3-5-12/h1-8H,(H,18,19). The highest BCUT2D eigenvalue weighted by Crippen LogP contribution is 2.24. The minimum atomic E-state index is -0.481. The van der Waals surface area contributed by atoms with E-state index in [0.717, 1.165) is 5.56 Å². The highest BCUT2D eigenvalue weighted by atomic mass is 16.1. The Balaban J connectivity index is 2.60. The summed E-state index contributed by atoms with van der Waals surface area (Å²) in [5, 5.41) is 19.6. The van der Waals surface area contributed by atoms with Crippen molar-refractivity contribution < 1.29 is 4.79 Å². The van der Waals surface area contributed by atoms with Gasteiger partial charge in [0.1, 0.15) is 0 Å². The molecule has 0 spiro atoms. The van der Waals surface area contributed by atoms with Crippen molar-refractivity contribution in [2.45, 2.75) is 0 Å². The number of benzene rings is 2. The summed E-state index contributed by atoms with van der Waals surface area (Å²) in [6.45, 7) is 0. The van der Waals surface area contributed by atoms with Gasteiger partial charge >= 0.3 is 0 Å². The maximum absolute atomic E-state index is 11.8. The van der Waals surface area contributed by atoms with Crippen LogP contribution in [0.1, 0.15) is 15.9 Å². The third-order valence-electron chi connectivity index (χ3n) is 2.65. The molecule has 0 aliphatic rings. The monoisotopic (exact) mass is 247 g/mol. The van der Waals surface area contributed by atoms with Crippen LogP contribution < -0.4 is 5.32 Å². The first kappa shape index (κ1) is 12.3. The Labute approximate surface area is 110 Å². The minimum Gasteiger partial charge on any atom is -0.268 e. The molecule has 1 amide bonds. The van der Waals surface area contributed by atoms with E-state index in [9.17, 15) is 4.79 Å². The lowest BCUT2D eigenvalue weighted by Gasteiger charge is -2.08. The van der Waals surface area contributed by atoms with Gasteiger partial charge in [0.25, 0.3) is 5.91 Å². The molecule has 0 unspecified atom stereocenters. The van der Waals surface area contributed by atoms with Crippen molar-refractivity contribution in [1.29, 1.82) is 10.5 Å². The number of nitrogens with zero attached hydrogens (tertiary/aromatic N) is 2. The Hall–Kier alpha value is -3.11. The third kappa shape index (κ3) is 2.59. The van der Waals surface area contributed by atoms with Crippen LogP contribution in [0.2, 0.25) is 0 Å². The average molecular weight is 247 g/mol. The lowest BCUT2D eigenvalue weighted by atomic mass is 9.97. The van der Waals surface area contributed by atoms with Crippen LogP contribution in [-0.4, -0.2) is 5.91 Å². The van der Waals surface area contributed by atoms with E-state index >= 15 is 0 Å². The van der Waals surface area contributed by atoms with Gasteiger partial charge in [0.2, 0.25) is 0 Å². The van der Waals surface area contributed by atoms with Crippen LogP contribution in [0.3, 0.4) is 0 Å². The minimum absolute atomic E-state index is 0.367. The maximum atomic E-state index is 11.8. The molecule has 0 radical (unpaired) electrons. The van der Waals surface area contributed by atoms with E-state index in [2.05, 4.69) is 5.32 Å². The summed E-state index contributed by atoms with van der Waals surface area (Å²) < 4.78 is 0. The molecule has 0 saturated carbocycles. The van der Waals surface area contributed by atoms with Crippen molar-refractivity contribution in [2.24, 2.45) is 0 Å². The lowest BCUT2D eigenvalue weighted by Crippen LogP contribution is -2.18. The fourth-order valence-electron chi connectivity index (χ4n) is 1.79. The van der Waals surface area contributed by atoms with Gasteiger partial charge in [-0.25, -0.2) is 0 Å². The normalized spacial score (nSPS) is 9.16. The number of hydrogen-bond donors (Lipinski definition) is 1. The molecule has 2 aromatic carbocycles. The maximum Gasteiger partial charge on any atom is 0.264 e. The van der Waals surface area contributed by atoms with Crippen LogP contribution in [0.4, 0.5) is 0 Å². The number of amides is 1. The van der Waals surface area contributed by atoms with Gasteiger partial charge in [-0.1, -0.05) is 30.3 Å². The summed E-state index contributed by atoms with van der Waals surface area (Å²) in [6, 6.07) is 16.0. The fourth-order valence-corrected chi connectivity index (χ4v) is 1.79. The number of nitrogens with one attached hydrogen (secondary N) is 1. The Morgan fingerprint density at radius 1 is 1.05 bits per heavy atom. The first-order valence-electron chi connectivity index (χ1n) is 5.55. The molecule has 0 heterocycles. The molecule has 1 N–H and O–H groups in total. The Morgan fingerprint density at radius 2 is 1.79 bits per heavy atom. The molecular formula is C15H9N3O. The number of nitriles is 2. The zero-order valence-electron chi connectivity index (χ0n) is 9.92. The predicted octanol–water partition coefficient (Wildman–Crippen LogP) is 2.44. The fraction of sp³-hybridized carbons (Fsp3) is 0. The van der Waals surface area contributed by atoms with Crippen molar-refractivity contribution in [2.75, 3.05) is 0 Å². The summed E-state index contributed by atoms with van der Waals surface area (Å²) in [6.07, 6.45) is 1.61. The largest absolute Gasteiger partial charge is 0.268 e. The molecule has 0 bridgehead atoms. The molecule has 19 heavy (non-hydrogen) atoms. The summed E-state index contributed by atoms with van der Waals surface area (Å²) in [7, 11) is 0. The van der Waals surface area contributed by atoms with Gasteiger partial charge in [0, 0.05) is 5.56 Å². The Morgan fingerprint density at radius 3 is 2.42 bits per heavy atom. The summed E-state index contributed by atoms with van der Waals surface area (Å²) >= 11 is 0. The quantitative estimate of drug-likeness (QED) is 0.654. The van der Waals surface area contributed by atoms with Crippen LogP contribution in [0.25, 0.3) is 11.1 Å². The van der Waals surface area contributed by atoms with Gasteiger partial charge < -0.3 is 0 Å². The molecule has 0 atom stereocenters. The zero-order chi connectivity index (χ0) is 13.7. The molecule has 90 valence electrons. The molecule has 0 fully saturated rings. The molecular weight excluding hydrogens is 238 g/mol. The van der Waals surface area contributed by atoms with Crippen molar-refractivity contribution in [1.82, 2.24) is 5.32 Å². The van der Waals surface area contributed by atoms with E-state index in [4.69, 9.17) is 10.5 Å². The number of carbonyl (C=O) groups excluding carboxylic acids is 1. The van der Waals surface area contributed by atoms with E-state index in [1.807, 2.05) is 36.4 Å². The Kier molecular flexibility index (Phi) is 3.56. The molecule has 0 aromatic heterocycles. The first-order valence-corrected chi connectivity index (χ1v) is 5.55. The van der Waals surface area contributed by atoms with E-state index in [-0.39, 0.29) is 0 Å². The second-order valence-electron chi connectivity index (χ2n) is 3.80. The van der Waals surface area contributed by atoms with Crippen LogP contribution in [-0.2, 0) is 0 Å². The van der Waals surface area contributed by atoms with Crippen molar-refractivity contribution in [3.63, 3.8) is 0 Å². The summed E-state index contributed by atoms with van der Waals surface area (Å²) in [4.78, 5) is 11.8. The van der Waals surface area contributed by atoms with Gasteiger partial charge in [-0.05, 0) is 29.3 Å². The average Bonchev–Trinajstić information content (AvgIpc) is 2.47. The van der Waals surface area contributed by atoms with Gasteiger partial charge in [0.05, 0.1) is 11.6 Å². The smallest absolute Gasteiger partial charge is 0.264 e. The molecule has 0 aliphatic heterocycles. The van der Waals surface area contributed by atoms with Gasteiger partial charge in [-0.2, -0.15) is 10.5 Å². The van der Waals surface area contributed by atoms with Gasteiger partial charge in [-0.3, -0.25) is 10.1 Å².